The molecule has 0 atom stereocenters. The monoisotopic (exact) mass is 394 g/mol. The van der Waals surface area contributed by atoms with E-state index in [9.17, 15) is 9.59 Å². The molecule has 1 amide bonds. The van der Waals surface area contributed by atoms with Crippen LogP contribution in [0.5, 0.6) is 0 Å². The molecule has 0 aliphatic carbocycles. The molecule has 7 heteroatoms. The summed E-state index contributed by atoms with van der Waals surface area (Å²) in [6.45, 7) is 6.02. The number of aryl methyl sites for hydroxylation is 3. The average molecular weight is 395 g/mol. The van der Waals surface area contributed by atoms with E-state index in [0.29, 0.717) is 16.5 Å². The summed E-state index contributed by atoms with van der Waals surface area (Å²) in [7, 11) is 0. The van der Waals surface area contributed by atoms with Crippen LogP contribution < -0.4 is 16.6 Å². The van der Waals surface area contributed by atoms with Crippen LogP contribution in [0.15, 0.2) is 52.4 Å². The summed E-state index contributed by atoms with van der Waals surface area (Å²) in [5.41, 5.74) is 10.4. The second-order valence-electron chi connectivity index (χ2n) is 6.67. The molecule has 0 radical (unpaired) electrons. The number of H-pyrrole nitrogens is 1. The lowest BCUT2D eigenvalue weighted by atomic mass is 10.1. The van der Waals surface area contributed by atoms with Crippen molar-refractivity contribution in [2.24, 2.45) is 0 Å². The van der Waals surface area contributed by atoms with Gasteiger partial charge >= 0.3 is 0 Å². The molecule has 2 aromatic carbocycles. The van der Waals surface area contributed by atoms with E-state index >= 15 is 0 Å². The summed E-state index contributed by atoms with van der Waals surface area (Å²) in [5, 5.41) is 2.97. The van der Waals surface area contributed by atoms with Crippen LogP contribution in [0.3, 0.4) is 0 Å². The molecule has 0 aliphatic rings. The maximum atomic E-state index is 12.4. The van der Waals surface area contributed by atoms with Gasteiger partial charge in [0.25, 0.3) is 11.5 Å². The van der Waals surface area contributed by atoms with Crippen LogP contribution >= 0.6 is 11.8 Å². The number of carbonyl (C=O) groups excluding carboxylic acids is 1. The van der Waals surface area contributed by atoms with E-state index in [1.54, 1.807) is 12.1 Å². The molecule has 28 heavy (non-hydrogen) atoms. The number of anilines is 2. The molecule has 3 rings (SSSR count). The Morgan fingerprint density at radius 2 is 1.79 bits per heavy atom. The summed E-state index contributed by atoms with van der Waals surface area (Å²) in [6.07, 6.45) is 0. The van der Waals surface area contributed by atoms with Crippen molar-refractivity contribution in [3.05, 3.63) is 80.6 Å². The SMILES string of the molecule is Cc1ccc(C(=O)Nc2c(N)nc(SCc3cc(C)ccc3C)[nH]c2=O)cc1. The van der Waals surface area contributed by atoms with Crippen molar-refractivity contribution < 1.29 is 4.79 Å². The second-order valence-corrected chi connectivity index (χ2v) is 7.63. The van der Waals surface area contributed by atoms with E-state index in [0.717, 1.165) is 5.56 Å². The predicted molar refractivity (Wildman–Crippen MR) is 114 cm³/mol. The lowest BCUT2D eigenvalue weighted by Gasteiger charge is -2.10. The number of hydrogen-bond donors (Lipinski definition) is 3. The van der Waals surface area contributed by atoms with Crippen molar-refractivity contribution in [3.63, 3.8) is 0 Å². The third kappa shape index (κ3) is 4.61. The van der Waals surface area contributed by atoms with Gasteiger partial charge in [0, 0.05) is 11.3 Å². The first-order valence-corrected chi connectivity index (χ1v) is 9.79. The molecule has 0 aliphatic heterocycles. The van der Waals surface area contributed by atoms with Crippen LogP contribution in [0.1, 0.15) is 32.6 Å². The van der Waals surface area contributed by atoms with Crippen molar-refractivity contribution in [1.29, 1.82) is 0 Å². The normalized spacial score (nSPS) is 10.7. The quantitative estimate of drug-likeness (QED) is 0.451. The van der Waals surface area contributed by atoms with Gasteiger partial charge < -0.3 is 11.1 Å². The maximum Gasteiger partial charge on any atom is 0.277 e. The molecule has 1 aromatic heterocycles. The Hall–Kier alpha value is -3.06. The minimum atomic E-state index is -0.476. The minimum absolute atomic E-state index is 0.00678. The van der Waals surface area contributed by atoms with Crippen molar-refractivity contribution in [2.45, 2.75) is 31.7 Å². The van der Waals surface area contributed by atoms with Gasteiger partial charge in [0.1, 0.15) is 5.69 Å². The van der Waals surface area contributed by atoms with E-state index in [2.05, 4.69) is 33.5 Å². The number of nitrogens with two attached hydrogens (primary N) is 1. The van der Waals surface area contributed by atoms with E-state index in [4.69, 9.17) is 5.73 Å². The zero-order valence-corrected chi connectivity index (χ0v) is 16.8. The number of amides is 1. The molecular formula is C21H22N4O2S. The lowest BCUT2D eigenvalue weighted by molar-refractivity contribution is 0.102. The number of benzene rings is 2. The Morgan fingerprint density at radius 3 is 2.46 bits per heavy atom. The molecule has 144 valence electrons. The summed E-state index contributed by atoms with van der Waals surface area (Å²) < 4.78 is 0. The van der Waals surface area contributed by atoms with Crippen LogP contribution in [-0.4, -0.2) is 15.9 Å². The zero-order valence-electron chi connectivity index (χ0n) is 16.0. The highest BCUT2D eigenvalue weighted by Gasteiger charge is 2.14. The Morgan fingerprint density at radius 1 is 1.11 bits per heavy atom. The summed E-state index contributed by atoms with van der Waals surface area (Å²) in [5.74, 6) is 0.243. The van der Waals surface area contributed by atoms with Crippen molar-refractivity contribution in [3.8, 4) is 0 Å². The van der Waals surface area contributed by atoms with Gasteiger partial charge in [0.15, 0.2) is 11.0 Å². The molecule has 0 saturated carbocycles. The van der Waals surface area contributed by atoms with E-state index in [-0.39, 0.29) is 11.5 Å². The van der Waals surface area contributed by atoms with Gasteiger partial charge in [-0.3, -0.25) is 14.6 Å². The predicted octanol–water partition coefficient (Wildman–Crippen LogP) is 3.82. The number of nitrogen functional groups attached to an aromatic ring is 1. The average Bonchev–Trinajstić information content (AvgIpc) is 2.66. The molecule has 0 unspecified atom stereocenters. The molecule has 0 spiro atoms. The van der Waals surface area contributed by atoms with Crippen LogP contribution in [0.4, 0.5) is 11.5 Å². The summed E-state index contributed by atoms with van der Waals surface area (Å²) >= 11 is 1.39. The van der Waals surface area contributed by atoms with Crippen molar-refractivity contribution in [2.75, 3.05) is 11.1 Å². The molecule has 0 fully saturated rings. The minimum Gasteiger partial charge on any atom is -0.382 e. The van der Waals surface area contributed by atoms with E-state index in [1.807, 2.05) is 32.9 Å². The first-order chi connectivity index (χ1) is 13.3. The maximum absolute atomic E-state index is 12.4. The number of aromatic amines is 1. The van der Waals surface area contributed by atoms with Crippen molar-refractivity contribution in [1.82, 2.24) is 9.97 Å². The molecule has 0 bridgehead atoms. The Bertz CT molecular complexity index is 1070. The third-order valence-corrected chi connectivity index (χ3v) is 5.27. The summed E-state index contributed by atoms with van der Waals surface area (Å²) in [4.78, 5) is 31.7. The highest BCUT2D eigenvalue weighted by Crippen LogP contribution is 2.23. The molecule has 4 N–H and O–H groups in total. The number of rotatable bonds is 5. The van der Waals surface area contributed by atoms with Crippen LogP contribution in [0, 0.1) is 20.8 Å². The highest BCUT2D eigenvalue weighted by molar-refractivity contribution is 7.98. The van der Waals surface area contributed by atoms with Gasteiger partial charge in [0.05, 0.1) is 0 Å². The number of aromatic nitrogens is 2. The fraction of sp³-hybridized carbons (Fsp3) is 0.190. The smallest absolute Gasteiger partial charge is 0.277 e. The third-order valence-electron chi connectivity index (χ3n) is 4.35. The molecule has 1 heterocycles. The number of hydrogen-bond acceptors (Lipinski definition) is 5. The fourth-order valence-electron chi connectivity index (χ4n) is 2.65. The van der Waals surface area contributed by atoms with Crippen molar-refractivity contribution >= 4 is 29.2 Å². The lowest BCUT2D eigenvalue weighted by Crippen LogP contribution is -2.23. The first kappa shape index (κ1) is 19.7. The van der Waals surface area contributed by atoms with Gasteiger partial charge in [-0.05, 0) is 44.0 Å². The topological polar surface area (TPSA) is 101 Å². The summed E-state index contributed by atoms with van der Waals surface area (Å²) in [6, 6.07) is 13.3. The molecule has 3 aromatic rings. The second kappa shape index (κ2) is 8.31. The standard InChI is InChI=1S/C21H22N4O2S/c1-12-5-8-15(9-6-12)19(26)23-17-18(22)24-21(25-20(17)27)28-11-16-10-13(2)4-7-14(16)3/h4-10H,11H2,1-3H3,(H,23,26)(H3,22,24,25,27). The number of carbonyl (C=O) groups is 1. The number of thioether (sulfide) groups is 1. The molecular weight excluding hydrogens is 372 g/mol. The van der Waals surface area contributed by atoms with Crippen LogP contribution in [-0.2, 0) is 5.75 Å². The van der Waals surface area contributed by atoms with Gasteiger partial charge in [-0.15, -0.1) is 0 Å². The molecule has 0 saturated heterocycles. The van der Waals surface area contributed by atoms with E-state index in [1.165, 1.54) is 28.5 Å². The van der Waals surface area contributed by atoms with Gasteiger partial charge in [0.2, 0.25) is 0 Å². The first-order valence-electron chi connectivity index (χ1n) is 8.80. The molecule has 6 nitrogen and oxygen atoms in total. The number of nitrogens with one attached hydrogen (secondary N) is 2. The Labute approximate surface area is 167 Å². The zero-order chi connectivity index (χ0) is 20.3. The number of nitrogens with zero attached hydrogens (tertiary/aromatic N) is 1. The Balaban J connectivity index is 1.75. The van der Waals surface area contributed by atoms with Crippen LogP contribution in [0.25, 0.3) is 0 Å². The highest BCUT2D eigenvalue weighted by atomic mass is 32.2. The van der Waals surface area contributed by atoms with Gasteiger partial charge in [-0.2, -0.15) is 0 Å². The van der Waals surface area contributed by atoms with E-state index < -0.39 is 11.5 Å². The fourth-order valence-corrected chi connectivity index (χ4v) is 3.58. The largest absolute Gasteiger partial charge is 0.382 e. The Kier molecular flexibility index (Phi) is 5.84. The van der Waals surface area contributed by atoms with Gasteiger partial charge in [-0.1, -0.05) is 53.2 Å². The van der Waals surface area contributed by atoms with Crippen LogP contribution in [0.2, 0.25) is 0 Å². The van der Waals surface area contributed by atoms with Gasteiger partial charge in [-0.25, -0.2) is 4.98 Å².